The van der Waals surface area contributed by atoms with Crippen LogP contribution < -0.4 is 10.6 Å². The van der Waals surface area contributed by atoms with E-state index in [1.54, 1.807) is 13.2 Å². The minimum atomic E-state index is -1.39. The zero-order chi connectivity index (χ0) is 23.7. The Labute approximate surface area is 205 Å². The van der Waals surface area contributed by atoms with E-state index in [1.807, 2.05) is 0 Å². The first kappa shape index (κ1) is 25.9. The predicted octanol–water partition coefficient (Wildman–Crippen LogP) is 0.843. The van der Waals surface area contributed by atoms with Crippen LogP contribution in [0.25, 0.3) is 0 Å². The van der Waals surface area contributed by atoms with Gasteiger partial charge in [-0.3, -0.25) is 4.79 Å². The minimum absolute atomic E-state index is 0.189. The molecule has 3 unspecified atom stereocenters. The molecule has 4 aliphatic rings. The van der Waals surface area contributed by atoms with Crippen molar-refractivity contribution in [2.75, 3.05) is 19.4 Å². The van der Waals surface area contributed by atoms with Gasteiger partial charge in [-0.15, -0.1) is 23.4 Å². The van der Waals surface area contributed by atoms with Crippen molar-refractivity contribution in [2.24, 2.45) is 17.8 Å². The molecular weight excluding hydrogens is 468 g/mol. The Kier molecular flexibility index (Phi) is 8.88. The number of hydrogen-bond acceptors (Lipinski definition) is 8. The molecule has 33 heavy (non-hydrogen) atoms. The first-order chi connectivity index (χ1) is 15.8. The first-order valence-corrected chi connectivity index (χ1v) is 14.1. The van der Waals surface area contributed by atoms with Crippen LogP contribution in [0.2, 0.25) is 0 Å². The van der Waals surface area contributed by atoms with Crippen molar-refractivity contribution in [1.82, 2.24) is 10.6 Å². The summed E-state index contributed by atoms with van der Waals surface area (Å²) < 4.78 is 12.1. The van der Waals surface area contributed by atoms with Crippen LogP contribution in [-0.4, -0.2) is 94.1 Å². The van der Waals surface area contributed by atoms with E-state index in [-0.39, 0.29) is 12.0 Å². The fourth-order valence-corrected chi connectivity index (χ4v) is 7.16. The van der Waals surface area contributed by atoms with E-state index in [0.717, 1.165) is 25.3 Å². The molecule has 10 heteroatoms. The van der Waals surface area contributed by atoms with Gasteiger partial charge in [0.15, 0.2) is 0 Å². The van der Waals surface area contributed by atoms with Gasteiger partial charge in [0.05, 0.1) is 17.5 Å². The highest BCUT2D eigenvalue weighted by Crippen LogP contribution is 2.40. The largest absolute Gasteiger partial charge is 0.388 e. The van der Waals surface area contributed by atoms with E-state index >= 15 is 0 Å². The zero-order valence-corrected chi connectivity index (χ0v) is 21.0. The Bertz CT molecular complexity index is 667. The van der Waals surface area contributed by atoms with Crippen LogP contribution in [0.15, 0.2) is 0 Å². The summed E-state index contributed by atoms with van der Waals surface area (Å²) >= 11 is 7.65. The molecular formula is C23H39ClN2O6S. The van der Waals surface area contributed by atoms with Gasteiger partial charge >= 0.3 is 0 Å². The lowest BCUT2D eigenvalue weighted by Gasteiger charge is -2.44. The van der Waals surface area contributed by atoms with Crippen molar-refractivity contribution in [2.45, 2.75) is 98.9 Å². The van der Waals surface area contributed by atoms with Crippen molar-refractivity contribution in [3.63, 3.8) is 0 Å². The topological polar surface area (TPSA) is 120 Å². The van der Waals surface area contributed by atoms with E-state index in [2.05, 4.69) is 10.6 Å². The number of rotatable bonds is 6. The molecule has 0 spiro atoms. The molecule has 0 aromatic rings. The average molecular weight is 507 g/mol. The van der Waals surface area contributed by atoms with Crippen LogP contribution in [0.5, 0.6) is 0 Å². The summed E-state index contributed by atoms with van der Waals surface area (Å²) in [7, 11) is 0. The van der Waals surface area contributed by atoms with Crippen molar-refractivity contribution >= 4 is 29.3 Å². The third-order valence-corrected chi connectivity index (χ3v) is 9.27. The second kappa shape index (κ2) is 11.3. The van der Waals surface area contributed by atoms with Gasteiger partial charge in [-0.05, 0) is 43.8 Å². The summed E-state index contributed by atoms with van der Waals surface area (Å²) in [6.45, 7) is 3.13. The molecule has 5 N–H and O–H groups in total. The molecule has 3 heterocycles. The number of carbonyl (C=O) groups is 1. The maximum atomic E-state index is 13.3. The van der Waals surface area contributed by atoms with Crippen LogP contribution in [0, 0.1) is 17.8 Å². The summed E-state index contributed by atoms with van der Waals surface area (Å²) in [5.41, 5.74) is -0.727. The minimum Gasteiger partial charge on any atom is -0.388 e. The smallest absolute Gasteiger partial charge is 0.240 e. The molecule has 1 aliphatic carbocycles. The number of carbonyl (C=O) groups excluding carboxylic acids is 1. The number of amides is 1. The third-order valence-electron chi connectivity index (χ3n) is 8.14. The highest BCUT2D eigenvalue weighted by Gasteiger charge is 2.49. The number of nitrogens with one attached hydrogen (secondary N) is 2. The van der Waals surface area contributed by atoms with Crippen LogP contribution in [-0.2, 0) is 14.3 Å². The molecule has 4 fully saturated rings. The summed E-state index contributed by atoms with van der Waals surface area (Å²) in [6.07, 6.45) is 4.06. The maximum absolute atomic E-state index is 13.3. The highest BCUT2D eigenvalue weighted by molar-refractivity contribution is 7.99. The molecule has 190 valence electrons. The number of aliphatic hydroxyl groups is 3. The van der Waals surface area contributed by atoms with E-state index in [4.69, 9.17) is 21.1 Å². The Morgan fingerprint density at radius 1 is 1.09 bits per heavy atom. The molecule has 0 radical (unpaired) electrons. The molecule has 0 bridgehead atoms. The monoisotopic (exact) mass is 506 g/mol. The van der Waals surface area contributed by atoms with Gasteiger partial charge in [0.1, 0.15) is 35.9 Å². The van der Waals surface area contributed by atoms with Gasteiger partial charge < -0.3 is 35.4 Å². The third kappa shape index (κ3) is 5.50. The number of thioether (sulfide) groups is 1. The second-order valence-electron chi connectivity index (χ2n) is 10.2. The fraction of sp³-hybridized carbons (Fsp3) is 0.957. The van der Waals surface area contributed by atoms with Gasteiger partial charge in [-0.1, -0.05) is 25.7 Å². The lowest BCUT2D eigenvalue weighted by Crippen LogP contribution is -2.65. The predicted molar refractivity (Wildman–Crippen MR) is 127 cm³/mol. The van der Waals surface area contributed by atoms with Crippen LogP contribution in [0.1, 0.15) is 45.4 Å². The van der Waals surface area contributed by atoms with Crippen molar-refractivity contribution < 1.29 is 29.6 Å². The van der Waals surface area contributed by atoms with Gasteiger partial charge in [0, 0.05) is 13.2 Å². The Morgan fingerprint density at radius 2 is 1.82 bits per heavy atom. The molecule has 3 aliphatic heterocycles. The van der Waals surface area contributed by atoms with Crippen molar-refractivity contribution in [3.8, 4) is 0 Å². The zero-order valence-electron chi connectivity index (χ0n) is 19.4. The standard InChI is InChI=1S/C23H39ClN2O6S/c1-11(24)15(21-18(28)17(27)19(29)23(32-21)33-2)26-22(30)16-20-14(10-25-16)9-13(7-8-31-20)12-5-3-4-6-12/h11-21,23,25,27-29H,3-10H2,1-2H3,(H,26,30)/t11-,13-,14-,15+,16-,17?,18?,19+,20+,21+,23?/m0/s1. The summed E-state index contributed by atoms with van der Waals surface area (Å²) in [6, 6.07) is -1.24. The Morgan fingerprint density at radius 3 is 2.48 bits per heavy atom. The number of halogens is 1. The summed E-state index contributed by atoms with van der Waals surface area (Å²) in [5, 5.41) is 36.8. The Hall–Kier alpha value is -0.130. The highest BCUT2D eigenvalue weighted by atomic mass is 35.5. The molecule has 3 saturated heterocycles. The molecule has 0 aromatic heterocycles. The van der Waals surface area contributed by atoms with E-state index in [9.17, 15) is 20.1 Å². The van der Waals surface area contributed by atoms with Crippen molar-refractivity contribution in [1.29, 1.82) is 0 Å². The number of fused-ring (bicyclic) bond motifs is 1. The van der Waals surface area contributed by atoms with Gasteiger partial charge in [0.25, 0.3) is 0 Å². The number of aliphatic hydroxyl groups excluding tert-OH is 3. The lowest BCUT2D eigenvalue weighted by atomic mass is 9.81. The van der Waals surface area contributed by atoms with Gasteiger partial charge in [-0.2, -0.15) is 0 Å². The van der Waals surface area contributed by atoms with Crippen LogP contribution in [0.3, 0.4) is 0 Å². The quantitative estimate of drug-likeness (QED) is 0.336. The first-order valence-electron chi connectivity index (χ1n) is 12.3. The van der Waals surface area contributed by atoms with E-state index < -0.39 is 47.3 Å². The summed E-state index contributed by atoms with van der Waals surface area (Å²) in [4.78, 5) is 13.3. The molecule has 11 atom stereocenters. The molecule has 8 nitrogen and oxygen atoms in total. The number of alkyl halides is 1. The fourth-order valence-electron chi connectivity index (χ4n) is 6.27. The van der Waals surface area contributed by atoms with Crippen LogP contribution >= 0.6 is 23.4 Å². The molecule has 1 saturated carbocycles. The number of ether oxygens (including phenoxy) is 2. The normalized spacial score (nSPS) is 44.1. The van der Waals surface area contributed by atoms with E-state index in [0.29, 0.717) is 18.4 Å². The maximum Gasteiger partial charge on any atom is 0.240 e. The molecule has 0 aromatic carbocycles. The van der Waals surface area contributed by atoms with Gasteiger partial charge in [0.2, 0.25) is 5.91 Å². The SMILES string of the molecule is CSC1O[C@H]([C@H](NC(=O)[C@H]2NC[C@@H]3C[C@@H](C4CCCC4)CCO[C@H]32)[C@H](C)Cl)C(O)C(O)[C@H]1O. The second-order valence-corrected chi connectivity index (χ2v) is 11.8. The van der Waals surface area contributed by atoms with E-state index in [1.165, 1.54) is 37.4 Å². The molecule has 1 amide bonds. The van der Waals surface area contributed by atoms with Gasteiger partial charge in [-0.25, -0.2) is 0 Å². The van der Waals surface area contributed by atoms with Crippen molar-refractivity contribution in [3.05, 3.63) is 0 Å². The van der Waals surface area contributed by atoms with Crippen LogP contribution in [0.4, 0.5) is 0 Å². The number of hydrogen-bond donors (Lipinski definition) is 5. The Balaban J connectivity index is 1.41. The average Bonchev–Trinajstić information content (AvgIpc) is 3.42. The molecule has 4 rings (SSSR count). The summed E-state index contributed by atoms with van der Waals surface area (Å²) in [5.74, 6) is 1.52. The lowest BCUT2D eigenvalue weighted by molar-refractivity contribution is -0.205.